The monoisotopic (exact) mass is 214 g/mol. The standard InChI is InChI=1S/C8H10N2O5/c1-5-8(10(13)14)6(15-9-5)3-2-4-7(11)12/h2-4H2,1H3,(H,11,12). The third kappa shape index (κ3) is 2.76. The smallest absolute Gasteiger partial charge is 0.334 e. The highest BCUT2D eigenvalue weighted by molar-refractivity contribution is 5.66. The summed E-state index contributed by atoms with van der Waals surface area (Å²) in [6.45, 7) is 1.47. The summed E-state index contributed by atoms with van der Waals surface area (Å²) in [5, 5.41) is 22.5. The molecule has 15 heavy (non-hydrogen) atoms. The number of nitrogens with zero attached hydrogens (tertiary/aromatic N) is 2. The number of aromatic nitrogens is 1. The van der Waals surface area contributed by atoms with Gasteiger partial charge in [0.25, 0.3) is 0 Å². The Balaban J connectivity index is 2.69. The van der Waals surface area contributed by atoms with Gasteiger partial charge in [0.2, 0.25) is 5.76 Å². The summed E-state index contributed by atoms with van der Waals surface area (Å²) in [7, 11) is 0. The van der Waals surface area contributed by atoms with Crippen LogP contribution in [-0.4, -0.2) is 21.2 Å². The Morgan fingerprint density at radius 2 is 2.33 bits per heavy atom. The third-order valence-electron chi connectivity index (χ3n) is 1.88. The highest BCUT2D eigenvalue weighted by Crippen LogP contribution is 2.23. The summed E-state index contributed by atoms with van der Waals surface area (Å²) in [6.07, 6.45) is 0.463. The number of rotatable bonds is 5. The lowest BCUT2D eigenvalue weighted by Gasteiger charge is -1.93. The normalized spacial score (nSPS) is 10.2. The molecule has 0 bridgehead atoms. The SMILES string of the molecule is Cc1noc(CCCC(=O)O)c1[N+](=O)[O-]. The molecular weight excluding hydrogens is 204 g/mol. The fraction of sp³-hybridized carbons (Fsp3) is 0.500. The van der Waals surface area contributed by atoms with Crippen molar-refractivity contribution in [1.29, 1.82) is 0 Å². The number of hydrogen-bond acceptors (Lipinski definition) is 5. The van der Waals surface area contributed by atoms with Gasteiger partial charge in [0.05, 0.1) is 4.92 Å². The van der Waals surface area contributed by atoms with Gasteiger partial charge in [0, 0.05) is 12.8 Å². The molecule has 0 radical (unpaired) electrons. The lowest BCUT2D eigenvalue weighted by atomic mass is 10.2. The van der Waals surface area contributed by atoms with E-state index in [9.17, 15) is 14.9 Å². The summed E-state index contributed by atoms with van der Waals surface area (Å²) in [5.74, 6) is -0.798. The van der Waals surface area contributed by atoms with Crippen molar-refractivity contribution in [1.82, 2.24) is 5.16 Å². The average Bonchev–Trinajstić information content (AvgIpc) is 2.46. The highest BCUT2D eigenvalue weighted by Gasteiger charge is 2.23. The van der Waals surface area contributed by atoms with E-state index in [-0.39, 0.29) is 30.0 Å². The molecule has 7 heteroatoms. The van der Waals surface area contributed by atoms with Crippen LogP contribution in [0, 0.1) is 17.0 Å². The van der Waals surface area contributed by atoms with Crippen LogP contribution < -0.4 is 0 Å². The van der Waals surface area contributed by atoms with E-state index in [1.807, 2.05) is 0 Å². The summed E-state index contributed by atoms with van der Waals surface area (Å²) in [4.78, 5) is 20.3. The van der Waals surface area contributed by atoms with E-state index in [1.54, 1.807) is 0 Å². The van der Waals surface area contributed by atoms with E-state index < -0.39 is 10.9 Å². The first-order chi connectivity index (χ1) is 7.02. The van der Waals surface area contributed by atoms with E-state index in [2.05, 4.69) is 5.16 Å². The number of hydrogen-bond donors (Lipinski definition) is 1. The highest BCUT2D eigenvalue weighted by atomic mass is 16.6. The van der Waals surface area contributed by atoms with Gasteiger partial charge in [-0.15, -0.1) is 0 Å². The van der Waals surface area contributed by atoms with Gasteiger partial charge in [-0.05, 0) is 13.3 Å². The lowest BCUT2D eigenvalue weighted by molar-refractivity contribution is -0.386. The van der Waals surface area contributed by atoms with Gasteiger partial charge in [0.1, 0.15) is 0 Å². The minimum atomic E-state index is -0.936. The van der Waals surface area contributed by atoms with Crippen molar-refractivity contribution in [3.8, 4) is 0 Å². The lowest BCUT2D eigenvalue weighted by Crippen LogP contribution is -1.97. The zero-order chi connectivity index (χ0) is 11.4. The first-order valence-corrected chi connectivity index (χ1v) is 4.33. The van der Waals surface area contributed by atoms with Gasteiger partial charge in [-0.2, -0.15) is 0 Å². The summed E-state index contributed by atoms with van der Waals surface area (Å²) >= 11 is 0. The van der Waals surface area contributed by atoms with Crippen LogP contribution in [0.2, 0.25) is 0 Å². The van der Waals surface area contributed by atoms with Crippen molar-refractivity contribution in [3.63, 3.8) is 0 Å². The molecule has 1 aromatic rings. The molecule has 0 saturated heterocycles. The average molecular weight is 214 g/mol. The maximum atomic E-state index is 10.6. The van der Waals surface area contributed by atoms with E-state index in [4.69, 9.17) is 9.63 Å². The van der Waals surface area contributed by atoms with E-state index >= 15 is 0 Å². The van der Waals surface area contributed by atoms with Crippen LogP contribution in [0.1, 0.15) is 24.3 Å². The number of carbonyl (C=O) groups is 1. The largest absolute Gasteiger partial charge is 0.481 e. The second kappa shape index (κ2) is 4.54. The molecule has 1 heterocycles. The van der Waals surface area contributed by atoms with Crippen LogP contribution in [0.3, 0.4) is 0 Å². The van der Waals surface area contributed by atoms with Crippen molar-refractivity contribution in [2.45, 2.75) is 26.2 Å². The van der Waals surface area contributed by atoms with E-state index in [0.717, 1.165) is 0 Å². The molecule has 1 aromatic heterocycles. The molecule has 0 atom stereocenters. The summed E-state index contributed by atoms with van der Waals surface area (Å²) in [6, 6.07) is 0. The van der Waals surface area contributed by atoms with Crippen LogP contribution in [0.15, 0.2) is 4.52 Å². The topological polar surface area (TPSA) is 106 Å². The second-order valence-electron chi connectivity index (χ2n) is 3.04. The van der Waals surface area contributed by atoms with Crippen molar-refractivity contribution < 1.29 is 19.3 Å². The molecule has 1 N–H and O–H groups in total. The second-order valence-corrected chi connectivity index (χ2v) is 3.04. The Bertz CT molecular complexity index is 384. The fourth-order valence-corrected chi connectivity index (χ4v) is 1.21. The zero-order valence-electron chi connectivity index (χ0n) is 8.10. The third-order valence-corrected chi connectivity index (χ3v) is 1.88. The molecule has 0 saturated carbocycles. The van der Waals surface area contributed by atoms with Crippen LogP contribution >= 0.6 is 0 Å². The van der Waals surface area contributed by atoms with E-state index in [0.29, 0.717) is 6.42 Å². The summed E-state index contributed by atoms with van der Waals surface area (Å²) in [5.41, 5.74) is 0.0608. The Hall–Kier alpha value is -1.92. The molecule has 7 nitrogen and oxygen atoms in total. The number of aliphatic carboxylic acids is 1. The Labute approximate surface area is 84.8 Å². The van der Waals surface area contributed by atoms with Gasteiger partial charge in [-0.25, -0.2) is 0 Å². The number of aryl methyl sites for hydroxylation is 2. The van der Waals surface area contributed by atoms with E-state index in [1.165, 1.54) is 6.92 Å². The fourth-order valence-electron chi connectivity index (χ4n) is 1.21. The van der Waals surface area contributed by atoms with Crippen LogP contribution in [0.4, 0.5) is 5.69 Å². The molecule has 0 amide bonds. The van der Waals surface area contributed by atoms with Gasteiger partial charge in [-0.1, -0.05) is 5.16 Å². The van der Waals surface area contributed by atoms with Crippen molar-refractivity contribution in [3.05, 3.63) is 21.6 Å². The van der Waals surface area contributed by atoms with Crippen LogP contribution in [0.5, 0.6) is 0 Å². The van der Waals surface area contributed by atoms with Gasteiger partial charge >= 0.3 is 11.7 Å². The first kappa shape index (κ1) is 11.2. The molecule has 0 aliphatic rings. The summed E-state index contributed by atoms with van der Waals surface area (Å²) < 4.78 is 4.75. The molecule has 0 aliphatic carbocycles. The molecule has 82 valence electrons. The zero-order valence-corrected chi connectivity index (χ0v) is 8.10. The first-order valence-electron chi connectivity index (χ1n) is 4.33. The van der Waals surface area contributed by atoms with Gasteiger partial charge in [-0.3, -0.25) is 14.9 Å². The van der Waals surface area contributed by atoms with Gasteiger partial charge in [0.15, 0.2) is 5.69 Å². The van der Waals surface area contributed by atoms with Crippen LogP contribution in [0.25, 0.3) is 0 Å². The maximum Gasteiger partial charge on any atom is 0.334 e. The number of nitro groups is 1. The number of carboxylic acid groups (broad SMARTS) is 1. The molecule has 0 aromatic carbocycles. The Morgan fingerprint density at radius 1 is 1.67 bits per heavy atom. The molecule has 1 rings (SSSR count). The molecule has 0 fully saturated rings. The predicted molar refractivity (Wildman–Crippen MR) is 48.5 cm³/mol. The van der Waals surface area contributed by atoms with Crippen molar-refractivity contribution in [2.24, 2.45) is 0 Å². The Kier molecular flexibility index (Phi) is 3.37. The van der Waals surface area contributed by atoms with Crippen molar-refractivity contribution in [2.75, 3.05) is 0 Å². The number of carboxylic acids is 1. The quantitative estimate of drug-likeness (QED) is 0.584. The molecular formula is C8H10N2O5. The molecule has 0 spiro atoms. The maximum absolute atomic E-state index is 10.6. The Morgan fingerprint density at radius 3 is 2.87 bits per heavy atom. The minimum absolute atomic E-state index is 0.0447. The van der Waals surface area contributed by atoms with Gasteiger partial charge < -0.3 is 9.63 Å². The van der Waals surface area contributed by atoms with Crippen LogP contribution in [-0.2, 0) is 11.2 Å². The minimum Gasteiger partial charge on any atom is -0.481 e. The predicted octanol–water partition coefficient (Wildman–Crippen LogP) is 1.30. The van der Waals surface area contributed by atoms with Crippen molar-refractivity contribution >= 4 is 11.7 Å². The molecule has 0 unspecified atom stereocenters. The molecule has 0 aliphatic heterocycles.